The third kappa shape index (κ3) is 3.42. The molecule has 0 radical (unpaired) electrons. The van der Waals surface area contributed by atoms with Crippen LogP contribution in [0.2, 0.25) is 0 Å². The average molecular weight is 266 g/mol. The third-order valence-corrected chi connectivity index (χ3v) is 3.84. The number of nitrogens with zero attached hydrogens (tertiary/aromatic N) is 1. The van der Waals surface area contributed by atoms with Gasteiger partial charge < -0.3 is 10.2 Å². The lowest BCUT2D eigenvalue weighted by atomic mass is 10.1. The van der Waals surface area contributed by atoms with E-state index in [9.17, 15) is 4.79 Å². The van der Waals surface area contributed by atoms with Crippen molar-refractivity contribution in [2.24, 2.45) is 0 Å². The van der Waals surface area contributed by atoms with Gasteiger partial charge in [0.2, 0.25) is 0 Å². The highest BCUT2D eigenvalue weighted by Crippen LogP contribution is 2.18. The van der Waals surface area contributed by atoms with E-state index >= 15 is 0 Å². The number of hydrogen-bond acceptors (Lipinski definition) is 3. The highest BCUT2D eigenvalue weighted by molar-refractivity contribution is 7.98. The van der Waals surface area contributed by atoms with Crippen molar-refractivity contribution in [3.63, 3.8) is 0 Å². The van der Waals surface area contributed by atoms with E-state index in [1.807, 2.05) is 43.3 Å². The zero-order valence-corrected chi connectivity index (χ0v) is 12.4. The Bertz CT molecular complexity index is 395. The Morgan fingerprint density at radius 3 is 2.67 bits per heavy atom. The van der Waals surface area contributed by atoms with Crippen molar-refractivity contribution in [3.8, 4) is 0 Å². The molecule has 0 aliphatic rings. The lowest BCUT2D eigenvalue weighted by molar-refractivity contribution is 0.0744. The molecule has 4 heteroatoms. The molecule has 0 bridgehead atoms. The van der Waals surface area contributed by atoms with E-state index in [-0.39, 0.29) is 11.9 Å². The van der Waals surface area contributed by atoms with Crippen molar-refractivity contribution >= 4 is 23.4 Å². The normalized spacial score (nSPS) is 12.0. The van der Waals surface area contributed by atoms with Gasteiger partial charge in [-0.25, -0.2) is 0 Å². The van der Waals surface area contributed by atoms with Gasteiger partial charge in [-0.2, -0.15) is 11.8 Å². The Morgan fingerprint density at radius 2 is 2.11 bits per heavy atom. The fourth-order valence-electron chi connectivity index (χ4n) is 1.94. The van der Waals surface area contributed by atoms with Crippen molar-refractivity contribution in [1.82, 2.24) is 4.90 Å². The average Bonchev–Trinajstić information content (AvgIpc) is 2.43. The second kappa shape index (κ2) is 7.31. The molecule has 0 saturated heterocycles. The SMILES string of the molecule is CCC(CSC)N(C)C(=O)c1ccccc1NC. The van der Waals surface area contributed by atoms with E-state index in [1.54, 1.807) is 11.8 Å². The second-order valence-corrected chi connectivity index (χ2v) is 5.14. The molecule has 0 aliphatic carbocycles. The molecule has 3 nitrogen and oxygen atoms in total. The molecule has 0 saturated carbocycles. The summed E-state index contributed by atoms with van der Waals surface area (Å²) < 4.78 is 0. The molecule has 0 fully saturated rings. The highest BCUT2D eigenvalue weighted by Gasteiger charge is 2.20. The molecule has 0 aromatic heterocycles. The van der Waals surface area contributed by atoms with Gasteiger partial charge in [0, 0.05) is 31.6 Å². The summed E-state index contributed by atoms with van der Waals surface area (Å²) in [4.78, 5) is 14.3. The van der Waals surface area contributed by atoms with Gasteiger partial charge in [0.1, 0.15) is 0 Å². The van der Waals surface area contributed by atoms with Gasteiger partial charge in [-0.05, 0) is 24.8 Å². The van der Waals surface area contributed by atoms with Gasteiger partial charge in [0.15, 0.2) is 0 Å². The molecule has 18 heavy (non-hydrogen) atoms. The predicted octanol–water partition coefficient (Wildman–Crippen LogP) is 2.94. The van der Waals surface area contributed by atoms with Crippen LogP contribution in [0.15, 0.2) is 24.3 Å². The maximum absolute atomic E-state index is 12.5. The predicted molar refractivity (Wildman–Crippen MR) is 80.5 cm³/mol. The van der Waals surface area contributed by atoms with Crippen LogP contribution in [0.25, 0.3) is 0 Å². The van der Waals surface area contributed by atoms with Crippen molar-refractivity contribution in [3.05, 3.63) is 29.8 Å². The zero-order chi connectivity index (χ0) is 13.5. The Morgan fingerprint density at radius 1 is 1.44 bits per heavy atom. The molecule has 1 unspecified atom stereocenters. The Kier molecular flexibility index (Phi) is 6.05. The summed E-state index contributed by atoms with van der Waals surface area (Å²) >= 11 is 1.78. The minimum absolute atomic E-state index is 0.0841. The molecule has 1 N–H and O–H groups in total. The van der Waals surface area contributed by atoms with Crippen LogP contribution in [0.1, 0.15) is 23.7 Å². The number of thioether (sulfide) groups is 1. The first kappa shape index (κ1) is 14.9. The van der Waals surface area contributed by atoms with Gasteiger partial charge in [0.25, 0.3) is 5.91 Å². The number of carbonyl (C=O) groups is 1. The van der Waals surface area contributed by atoms with Crippen LogP contribution in [0.3, 0.4) is 0 Å². The summed E-state index contributed by atoms with van der Waals surface area (Å²) in [6.45, 7) is 2.12. The number of nitrogens with one attached hydrogen (secondary N) is 1. The maximum Gasteiger partial charge on any atom is 0.255 e. The number of carbonyl (C=O) groups excluding carboxylic acids is 1. The first-order valence-corrected chi connectivity index (χ1v) is 7.57. The van der Waals surface area contributed by atoms with E-state index in [2.05, 4.69) is 18.5 Å². The largest absolute Gasteiger partial charge is 0.387 e. The zero-order valence-electron chi connectivity index (χ0n) is 11.6. The first-order valence-electron chi connectivity index (χ1n) is 6.18. The van der Waals surface area contributed by atoms with Crippen molar-refractivity contribution in [2.45, 2.75) is 19.4 Å². The lowest BCUT2D eigenvalue weighted by Gasteiger charge is -2.27. The number of anilines is 1. The smallest absolute Gasteiger partial charge is 0.255 e. The highest BCUT2D eigenvalue weighted by atomic mass is 32.2. The Hall–Kier alpha value is -1.16. The van der Waals surface area contributed by atoms with E-state index in [1.165, 1.54) is 0 Å². The molecule has 0 aliphatic heterocycles. The summed E-state index contributed by atoms with van der Waals surface area (Å²) in [5.74, 6) is 1.06. The van der Waals surface area contributed by atoms with Crippen molar-refractivity contribution in [2.75, 3.05) is 31.4 Å². The fraction of sp³-hybridized carbons (Fsp3) is 0.500. The van der Waals surface area contributed by atoms with Gasteiger partial charge in [-0.1, -0.05) is 19.1 Å². The minimum Gasteiger partial charge on any atom is -0.387 e. The molecule has 0 heterocycles. The second-order valence-electron chi connectivity index (χ2n) is 4.23. The summed E-state index contributed by atoms with van der Waals surface area (Å²) in [7, 11) is 3.73. The van der Waals surface area contributed by atoms with Crippen molar-refractivity contribution < 1.29 is 4.79 Å². The molecule has 0 spiro atoms. The van der Waals surface area contributed by atoms with E-state index < -0.39 is 0 Å². The monoisotopic (exact) mass is 266 g/mol. The van der Waals surface area contributed by atoms with Crippen LogP contribution in [-0.4, -0.2) is 43.0 Å². The third-order valence-electron chi connectivity index (χ3n) is 3.13. The van der Waals surface area contributed by atoms with Crippen LogP contribution in [-0.2, 0) is 0 Å². The van der Waals surface area contributed by atoms with Crippen molar-refractivity contribution in [1.29, 1.82) is 0 Å². The summed E-state index contributed by atoms with van der Waals surface area (Å²) in [5, 5.41) is 3.07. The van der Waals surface area contributed by atoms with Gasteiger partial charge in [-0.15, -0.1) is 0 Å². The van der Waals surface area contributed by atoms with E-state index in [0.29, 0.717) is 0 Å². The summed E-state index contributed by atoms with van der Waals surface area (Å²) in [5.41, 5.74) is 1.62. The molecular formula is C14H22N2OS. The summed E-state index contributed by atoms with van der Waals surface area (Å²) in [6, 6.07) is 7.92. The Labute approximate surface area is 114 Å². The molecule has 1 aromatic carbocycles. The van der Waals surface area contributed by atoms with Crippen LogP contribution >= 0.6 is 11.8 Å². The molecular weight excluding hydrogens is 244 g/mol. The first-order chi connectivity index (χ1) is 8.65. The molecule has 1 aromatic rings. The Balaban J connectivity index is 2.91. The van der Waals surface area contributed by atoms with E-state index in [4.69, 9.17) is 0 Å². The van der Waals surface area contributed by atoms with Gasteiger partial charge >= 0.3 is 0 Å². The van der Waals surface area contributed by atoms with Crippen LogP contribution < -0.4 is 5.32 Å². The quantitative estimate of drug-likeness (QED) is 0.859. The van der Waals surface area contributed by atoms with Gasteiger partial charge in [-0.3, -0.25) is 4.79 Å². The number of amides is 1. The molecule has 1 rings (SSSR count). The standard InChI is InChI=1S/C14H22N2OS/c1-5-11(10-18-4)16(3)14(17)12-8-6-7-9-13(12)15-2/h6-9,11,15H,5,10H2,1-4H3. The summed E-state index contributed by atoms with van der Waals surface area (Å²) in [6.07, 6.45) is 3.05. The topological polar surface area (TPSA) is 32.3 Å². The number of benzene rings is 1. The maximum atomic E-state index is 12.5. The van der Waals surface area contributed by atoms with Gasteiger partial charge in [0.05, 0.1) is 5.56 Å². The molecule has 1 amide bonds. The number of hydrogen-bond donors (Lipinski definition) is 1. The lowest BCUT2D eigenvalue weighted by Crippen LogP contribution is -2.38. The van der Waals surface area contributed by atoms with Crippen LogP contribution in [0.4, 0.5) is 5.69 Å². The number of para-hydroxylation sites is 1. The van der Waals surface area contributed by atoms with Crippen LogP contribution in [0.5, 0.6) is 0 Å². The molecule has 100 valence electrons. The van der Waals surface area contributed by atoms with Crippen LogP contribution in [0, 0.1) is 0 Å². The fourth-order valence-corrected chi connectivity index (χ4v) is 2.78. The number of rotatable bonds is 6. The molecule has 1 atom stereocenters. The van der Waals surface area contributed by atoms with E-state index in [0.717, 1.165) is 23.4 Å². The minimum atomic E-state index is 0.0841.